The molecule has 18 heavy (non-hydrogen) atoms. The SMILES string of the molecule is FC(F)(F)CN1CCC(NC2CCSCC2)CC1. The molecule has 2 aliphatic rings. The summed E-state index contributed by atoms with van der Waals surface area (Å²) in [7, 11) is 0. The zero-order valence-electron chi connectivity index (χ0n) is 10.5. The van der Waals surface area contributed by atoms with Crippen molar-refractivity contribution >= 4 is 11.8 Å². The van der Waals surface area contributed by atoms with E-state index in [0.29, 0.717) is 25.2 Å². The van der Waals surface area contributed by atoms with Crippen LogP contribution in [0.25, 0.3) is 0 Å². The molecule has 1 N–H and O–H groups in total. The average Bonchev–Trinajstić information content (AvgIpc) is 2.31. The van der Waals surface area contributed by atoms with Gasteiger partial charge in [0.25, 0.3) is 0 Å². The molecule has 2 heterocycles. The molecule has 2 aliphatic heterocycles. The van der Waals surface area contributed by atoms with Gasteiger partial charge in [-0.15, -0.1) is 0 Å². The maximum atomic E-state index is 12.3. The molecule has 0 aromatic rings. The lowest BCUT2D eigenvalue weighted by Gasteiger charge is -2.35. The van der Waals surface area contributed by atoms with E-state index in [4.69, 9.17) is 0 Å². The number of piperidine rings is 1. The van der Waals surface area contributed by atoms with Crippen LogP contribution in [0, 0.1) is 0 Å². The molecule has 0 radical (unpaired) electrons. The second-order valence-corrected chi connectivity index (χ2v) is 6.44. The Hall–Kier alpha value is 0.0600. The first-order chi connectivity index (χ1) is 8.53. The molecule has 0 aromatic heterocycles. The highest BCUT2D eigenvalue weighted by atomic mass is 32.2. The second kappa shape index (κ2) is 6.48. The zero-order chi connectivity index (χ0) is 13.0. The Morgan fingerprint density at radius 1 is 1.00 bits per heavy atom. The summed E-state index contributed by atoms with van der Waals surface area (Å²) in [6.45, 7) is 0.386. The summed E-state index contributed by atoms with van der Waals surface area (Å²) in [4.78, 5) is 1.52. The van der Waals surface area contributed by atoms with Gasteiger partial charge in [0.1, 0.15) is 0 Å². The molecule has 106 valence electrons. The van der Waals surface area contributed by atoms with Gasteiger partial charge in [-0.25, -0.2) is 0 Å². The summed E-state index contributed by atoms with van der Waals surface area (Å²) in [5.74, 6) is 2.43. The van der Waals surface area contributed by atoms with Crippen molar-refractivity contribution in [2.75, 3.05) is 31.1 Å². The Morgan fingerprint density at radius 3 is 2.11 bits per heavy atom. The number of hydrogen-bond donors (Lipinski definition) is 1. The van der Waals surface area contributed by atoms with E-state index in [2.05, 4.69) is 5.32 Å². The third-order valence-corrected chi connectivity index (χ3v) is 4.73. The number of thioether (sulfide) groups is 1. The van der Waals surface area contributed by atoms with E-state index in [1.807, 2.05) is 11.8 Å². The maximum Gasteiger partial charge on any atom is 0.401 e. The number of nitrogens with zero attached hydrogens (tertiary/aromatic N) is 1. The summed E-state index contributed by atoms with van der Waals surface area (Å²) in [5, 5.41) is 3.62. The predicted octanol–water partition coefficient (Wildman–Crippen LogP) is 2.50. The average molecular weight is 282 g/mol. The van der Waals surface area contributed by atoms with Crippen LogP contribution in [0.4, 0.5) is 13.2 Å². The quantitative estimate of drug-likeness (QED) is 0.856. The Kier molecular flexibility index (Phi) is 5.21. The molecule has 0 spiro atoms. The lowest BCUT2D eigenvalue weighted by atomic mass is 10.0. The van der Waals surface area contributed by atoms with E-state index in [1.165, 1.54) is 29.2 Å². The Labute approximate surface area is 111 Å². The summed E-state index contributed by atoms with van der Waals surface area (Å²) in [6, 6.07) is 1.01. The fraction of sp³-hybridized carbons (Fsp3) is 1.00. The highest BCUT2D eigenvalue weighted by molar-refractivity contribution is 7.99. The van der Waals surface area contributed by atoms with Crippen LogP contribution in [-0.2, 0) is 0 Å². The van der Waals surface area contributed by atoms with Crippen molar-refractivity contribution in [2.45, 2.75) is 43.9 Å². The molecule has 0 atom stereocenters. The molecule has 0 amide bonds. The van der Waals surface area contributed by atoms with Gasteiger partial charge in [-0.1, -0.05) is 0 Å². The first-order valence-corrected chi connectivity index (χ1v) is 7.81. The van der Waals surface area contributed by atoms with Crippen molar-refractivity contribution < 1.29 is 13.2 Å². The zero-order valence-corrected chi connectivity index (χ0v) is 11.3. The van der Waals surface area contributed by atoms with Gasteiger partial charge >= 0.3 is 6.18 Å². The second-order valence-electron chi connectivity index (χ2n) is 5.22. The number of nitrogens with one attached hydrogen (secondary N) is 1. The number of hydrogen-bond acceptors (Lipinski definition) is 3. The fourth-order valence-electron chi connectivity index (χ4n) is 2.71. The lowest BCUT2D eigenvalue weighted by molar-refractivity contribution is -0.148. The van der Waals surface area contributed by atoms with Crippen LogP contribution in [0.5, 0.6) is 0 Å². The van der Waals surface area contributed by atoms with Gasteiger partial charge in [-0.3, -0.25) is 4.90 Å². The van der Waals surface area contributed by atoms with Crippen LogP contribution in [0.3, 0.4) is 0 Å². The van der Waals surface area contributed by atoms with Crippen molar-refractivity contribution in [3.05, 3.63) is 0 Å². The van der Waals surface area contributed by atoms with Crippen LogP contribution in [0.15, 0.2) is 0 Å². The standard InChI is InChI=1S/C12H21F3N2S/c13-12(14,15)9-17-5-1-10(2-6-17)16-11-3-7-18-8-4-11/h10-11,16H,1-9H2. The maximum absolute atomic E-state index is 12.3. The Balaban J connectivity index is 1.66. The van der Waals surface area contributed by atoms with Crippen LogP contribution in [0.1, 0.15) is 25.7 Å². The topological polar surface area (TPSA) is 15.3 Å². The van der Waals surface area contributed by atoms with Crippen LogP contribution >= 0.6 is 11.8 Å². The first kappa shape index (κ1) is 14.5. The van der Waals surface area contributed by atoms with Gasteiger partial charge < -0.3 is 5.32 Å². The minimum atomic E-state index is -4.05. The monoisotopic (exact) mass is 282 g/mol. The van der Waals surface area contributed by atoms with E-state index in [1.54, 1.807) is 0 Å². The molecule has 0 saturated carbocycles. The Bertz CT molecular complexity index is 246. The van der Waals surface area contributed by atoms with Gasteiger partial charge in [-0.2, -0.15) is 24.9 Å². The number of halogens is 3. The van der Waals surface area contributed by atoms with Gasteiger partial charge in [0.15, 0.2) is 0 Å². The lowest BCUT2D eigenvalue weighted by Crippen LogP contribution is -2.48. The molecule has 2 fully saturated rings. The van der Waals surface area contributed by atoms with Gasteiger partial charge in [-0.05, 0) is 50.3 Å². The largest absolute Gasteiger partial charge is 0.401 e. The van der Waals surface area contributed by atoms with Gasteiger partial charge in [0.05, 0.1) is 6.54 Å². The predicted molar refractivity (Wildman–Crippen MR) is 69.0 cm³/mol. The summed E-state index contributed by atoms with van der Waals surface area (Å²) < 4.78 is 36.8. The summed E-state index contributed by atoms with van der Waals surface area (Å²) in [5.41, 5.74) is 0. The highest BCUT2D eigenvalue weighted by Crippen LogP contribution is 2.22. The smallest absolute Gasteiger partial charge is 0.311 e. The molecule has 0 aromatic carbocycles. The summed E-state index contributed by atoms with van der Waals surface area (Å²) in [6.07, 6.45) is 0.0428. The normalized spacial score (nSPS) is 25.5. The summed E-state index contributed by atoms with van der Waals surface area (Å²) >= 11 is 1.99. The molecule has 2 saturated heterocycles. The molecule has 2 nitrogen and oxygen atoms in total. The van der Waals surface area contributed by atoms with Crippen LogP contribution in [-0.4, -0.2) is 54.3 Å². The molecular formula is C12H21F3N2S. The third-order valence-electron chi connectivity index (χ3n) is 3.68. The fourth-order valence-corrected chi connectivity index (χ4v) is 3.82. The third kappa shape index (κ3) is 4.97. The molecule has 6 heteroatoms. The minimum Gasteiger partial charge on any atom is -0.311 e. The molecular weight excluding hydrogens is 261 g/mol. The van der Waals surface area contributed by atoms with Crippen molar-refractivity contribution in [1.82, 2.24) is 10.2 Å². The van der Waals surface area contributed by atoms with E-state index in [-0.39, 0.29) is 0 Å². The van der Waals surface area contributed by atoms with Crippen molar-refractivity contribution in [2.24, 2.45) is 0 Å². The van der Waals surface area contributed by atoms with Crippen LogP contribution in [0.2, 0.25) is 0 Å². The van der Waals surface area contributed by atoms with Crippen LogP contribution < -0.4 is 5.32 Å². The van der Waals surface area contributed by atoms with Crippen molar-refractivity contribution in [3.63, 3.8) is 0 Å². The first-order valence-electron chi connectivity index (χ1n) is 6.66. The Morgan fingerprint density at radius 2 is 1.56 bits per heavy atom. The van der Waals surface area contributed by atoms with E-state index in [0.717, 1.165) is 12.8 Å². The number of rotatable bonds is 3. The minimum absolute atomic E-state index is 0.419. The van der Waals surface area contributed by atoms with E-state index < -0.39 is 12.7 Å². The van der Waals surface area contributed by atoms with Crippen molar-refractivity contribution in [3.8, 4) is 0 Å². The van der Waals surface area contributed by atoms with Crippen molar-refractivity contribution in [1.29, 1.82) is 0 Å². The highest BCUT2D eigenvalue weighted by Gasteiger charge is 2.32. The van der Waals surface area contributed by atoms with Gasteiger partial charge in [0, 0.05) is 12.1 Å². The van der Waals surface area contributed by atoms with E-state index >= 15 is 0 Å². The molecule has 0 aliphatic carbocycles. The number of likely N-dealkylation sites (tertiary alicyclic amines) is 1. The number of alkyl halides is 3. The molecule has 0 unspecified atom stereocenters. The molecule has 0 bridgehead atoms. The van der Waals surface area contributed by atoms with Gasteiger partial charge in [0.2, 0.25) is 0 Å². The van der Waals surface area contributed by atoms with E-state index in [9.17, 15) is 13.2 Å². The molecule has 2 rings (SSSR count).